The van der Waals surface area contributed by atoms with Crippen LogP contribution in [0.15, 0.2) is 60.8 Å². The summed E-state index contributed by atoms with van der Waals surface area (Å²) in [6.07, 6.45) is -3.60. The van der Waals surface area contributed by atoms with E-state index in [1.165, 1.54) is 6.20 Å². The zero-order valence-corrected chi connectivity index (χ0v) is 19.2. The zero-order valence-electron chi connectivity index (χ0n) is 17.7. The number of anilines is 2. The maximum atomic E-state index is 12.4. The van der Waals surface area contributed by atoms with Gasteiger partial charge in [0.05, 0.1) is 10.0 Å². The van der Waals surface area contributed by atoms with Crippen molar-refractivity contribution in [2.24, 2.45) is 0 Å². The molecule has 0 bridgehead atoms. The molecule has 0 aliphatic heterocycles. The fourth-order valence-electron chi connectivity index (χ4n) is 2.31. The predicted octanol–water partition coefficient (Wildman–Crippen LogP) is 6.13. The Morgan fingerprint density at radius 2 is 1.65 bits per heavy atom. The van der Waals surface area contributed by atoms with Crippen LogP contribution in [0.3, 0.4) is 0 Å². The van der Waals surface area contributed by atoms with Crippen LogP contribution in [0.25, 0.3) is 0 Å². The molecule has 2 aromatic carbocycles. The second kappa shape index (κ2) is 11.6. The molecule has 7 nitrogen and oxygen atoms in total. The van der Waals surface area contributed by atoms with Crippen molar-refractivity contribution < 1.29 is 32.6 Å². The van der Waals surface area contributed by atoms with Crippen LogP contribution in [-0.4, -0.2) is 42.2 Å². The summed E-state index contributed by atoms with van der Waals surface area (Å²) in [5, 5.41) is 10.8. The number of alkyl halides is 3. The van der Waals surface area contributed by atoms with Gasteiger partial charge in [0.1, 0.15) is 5.75 Å². The fraction of sp³-hybridized carbons (Fsp3) is 0.136. The monoisotopic (exact) mass is 515 g/mol. The summed E-state index contributed by atoms with van der Waals surface area (Å²) >= 11 is 12.1. The van der Waals surface area contributed by atoms with E-state index in [-0.39, 0.29) is 5.91 Å². The summed E-state index contributed by atoms with van der Waals surface area (Å²) in [7, 11) is 3.89. The molecular weight excluding hydrogens is 498 g/mol. The molecule has 0 saturated heterocycles. The van der Waals surface area contributed by atoms with Gasteiger partial charge in [0.15, 0.2) is 0 Å². The minimum Gasteiger partial charge on any atom is -0.475 e. The highest BCUT2D eigenvalue weighted by Gasteiger charge is 2.38. The van der Waals surface area contributed by atoms with Gasteiger partial charge in [-0.2, -0.15) is 13.2 Å². The lowest BCUT2D eigenvalue weighted by molar-refractivity contribution is -0.192. The maximum absolute atomic E-state index is 12.4. The van der Waals surface area contributed by atoms with Gasteiger partial charge in [-0.15, -0.1) is 0 Å². The van der Waals surface area contributed by atoms with Gasteiger partial charge in [-0.05, 0) is 48.5 Å². The SMILES string of the molecule is CN(C)c1ccc(C(=O)Nc2ccc(Oc3ccc(Cl)cn3)c(Cl)c2)cc1.O=C(O)C(F)(F)F. The van der Waals surface area contributed by atoms with E-state index in [4.69, 9.17) is 37.8 Å². The average molecular weight is 516 g/mol. The molecule has 1 heterocycles. The van der Waals surface area contributed by atoms with Crippen LogP contribution in [0.2, 0.25) is 10.0 Å². The molecule has 0 atom stereocenters. The van der Waals surface area contributed by atoms with E-state index in [2.05, 4.69) is 10.3 Å². The Morgan fingerprint density at radius 3 is 2.12 bits per heavy atom. The molecule has 3 aromatic rings. The normalized spacial score (nSPS) is 10.6. The lowest BCUT2D eigenvalue weighted by atomic mass is 10.2. The molecule has 1 aromatic heterocycles. The second-order valence-corrected chi connectivity index (χ2v) is 7.60. The van der Waals surface area contributed by atoms with E-state index in [0.717, 1.165) is 5.69 Å². The van der Waals surface area contributed by atoms with Crippen molar-refractivity contribution in [3.63, 3.8) is 0 Å². The zero-order chi connectivity index (χ0) is 25.5. The molecule has 0 fully saturated rings. The number of hydrogen-bond acceptors (Lipinski definition) is 5. The van der Waals surface area contributed by atoms with Crippen molar-refractivity contribution in [2.75, 3.05) is 24.3 Å². The number of pyridine rings is 1. The number of nitrogens with one attached hydrogen (secondary N) is 1. The molecule has 0 radical (unpaired) electrons. The van der Waals surface area contributed by atoms with Crippen molar-refractivity contribution in [3.05, 3.63) is 76.4 Å². The highest BCUT2D eigenvalue weighted by Crippen LogP contribution is 2.31. The Morgan fingerprint density at radius 1 is 1.03 bits per heavy atom. The number of carboxylic acid groups (broad SMARTS) is 1. The first-order chi connectivity index (χ1) is 15.9. The highest BCUT2D eigenvalue weighted by molar-refractivity contribution is 6.32. The Kier molecular flexibility index (Phi) is 9.11. The van der Waals surface area contributed by atoms with E-state index >= 15 is 0 Å². The summed E-state index contributed by atoms with van der Waals surface area (Å²) in [5.74, 6) is -2.17. The Bertz CT molecular complexity index is 1140. The first kappa shape index (κ1) is 26.7. The quantitative estimate of drug-likeness (QED) is 0.424. The molecule has 0 saturated carbocycles. The summed E-state index contributed by atoms with van der Waals surface area (Å²) in [6.45, 7) is 0. The first-order valence-corrected chi connectivity index (χ1v) is 10.1. The van der Waals surface area contributed by atoms with Gasteiger partial charge in [0.25, 0.3) is 5.91 Å². The molecule has 180 valence electrons. The molecule has 0 unspecified atom stereocenters. The van der Waals surface area contributed by atoms with Crippen LogP contribution < -0.4 is 15.0 Å². The molecule has 2 N–H and O–H groups in total. The first-order valence-electron chi connectivity index (χ1n) is 9.34. The van der Waals surface area contributed by atoms with Crippen molar-refractivity contribution in [2.45, 2.75) is 6.18 Å². The average Bonchev–Trinajstić information content (AvgIpc) is 2.77. The standard InChI is InChI=1S/C20H17Cl2N3O2.C2HF3O2/c1-25(2)16-7-3-13(4-8-16)20(26)24-15-6-9-18(17(22)11-15)27-19-10-5-14(21)12-23-19;3-2(4,5)1(6)7/h3-12H,1-2H3,(H,24,26);(H,6,7). The number of carbonyl (C=O) groups excluding carboxylic acids is 1. The number of aromatic nitrogens is 1. The van der Waals surface area contributed by atoms with Gasteiger partial charge in [0.2, 0.25) is 5.88 Å². The molecule has 3 rings (SSSR count). The number of carbonyl (C=O) groups is 2. The third-order valence-corrected chi connectivity index (χ3v) is 4.51. The molecule has 34 heavy (non-hydrogen) atoms. The number of carboxylic acids is 1. The van der Waals surface area contributed by atoms with Gasteiger partial charge >= 0.3 is 12.1 Å². The molecule has 12 heteroatoms. The van der Waals surface area contributed by atoms with E-state index in [9.17, 15) is 18.0 Å². The van der Waals surface area contributed by atoms with Crippen molar-refractivity contribution in [1.29, 1.82) is 0 Å². The van der Waals surface area contributed by atoms with Crippen LogP contribution in [0, 0.1) is 0 Å². The van der Waals surface area contributed by atoms with Crippen LogP contribution in [0.1, 0.15) is 10.4 Å². The van der Waals surface area contributed by atoms with E-state index in [1.54, 1.807) is 42.5 Å². The number of benzene rings is 2. The van der Waals surface area contributed by atoms with Crippen LogP contribution >= 0.6 is 23.2 Å². The minimum absolute atomic E-state index is 0.218. The minimum atomic E-state index is -5.08. The number of halogens is 5. The Balaban J connectivity index is 0.000000509. The number of aliphatic carboxylic acids is 1. The van der Waals surface area contributed by atoms with Gasteiger partial charge < -0.3 is 20.1 Å². The predicted molar refractivity (Wildman–Crippen MR) is 123 cm³/mol. The van der Waals surface area contributed by atoms with Crippen LogP contribution in [0.5, 0.6) is 11.6 Å². The summed E-state index contributed by atoms with van der Waals surface area (Å²) < 4.78 is 37.4. The number of hydrogen-bond donors (Lipinski definition) is 2. The molecule has 1 amide bonds. The Hall–Kier alpha value is -3.50. The van der Waals surface area contributed by atoms with Crippen molar-refractivity contribution >= 4 is 46.5 Å². The largest absolute Gasteiger partial charge is 0.490 e. The smallest absolute Gasteiger partial charge is 0.475 e. The van der Waals surface area contributed by atoms with Gasteiger partial charge in [0, 0.05) is 43.3 Å². The lowest BCUT2D eigenvalue weighted by Gasteiger charge is -2.13. The highest BCUT2D eigenvalue weighted by atomic mass is 35.5. The summed E-state index contributed by atoms with van der Waals surface area (Å²) in [6, 6.07) is 15.6. The maximum Gasteiger partial charge on any atom is 0.490 e. The topological polar surface area (TPSA) is 91.8 Å². The lowest BCUT2D eigenvalue weighted by Crippen LogP contribution is -2.21. The number of nitrogens with zero attached hydrogens (tertiary/aromatic N) is 2. The molecule has 0 aliphatic rings. The van der Waals surface area contributed by atoms with Gasteiger partial charge in [-0.25, -0.2) is 9.78 Å². The summed E-state index contributed by atoms with van der Waals surface area (Å²) in [5.41, 5.74) is 2.15. The molecule has 0 spiro atoms. The fourth-order valence-corrected chi connectivity index (χ4v) is 2.64. The second-order valence-electron chi connectivity index (χ2n) is 6.76. The summed E-state index contributed by atoms with van der Waals surface area (Å²) in [4.78, 5) is 27.3. The van der Waals surface area contributed by atoms with Crippen molar-refractivity contribution in [3.8, 4) is 11.6 Å². The molecular formula is C22H18Cl2F3N3O4. The third kappa shape index (κ3) is 8.13. The number of rotatable bonds is 5. The van der Waals surface area contributed by atoms with E-state index in [0.29, 0.717) is 32.9 Å². The number of ether oxygens (including phenoxy) is 1. The van der Waals surface area contributed by atoms with E-state index < -0.39 is 12.1 Å². The van der Waals surface area contributed by atoms with E-state index in [1.807, 2.05) is 31.1 Å². The third-order valence-electron chi connectivity index (χ3n) is 3.99. The van der Waals surface area contributed by atoms with Gasteiger partial charge in [-0.3, -0.25) is 4.79 Å². The molecule has 0 aliphatic carbocycles. The van der Waals surface area contributed by atoms with Crippen LogP contribution in [-0.2, 0) is 4.79 Å². The van der Waals surface area contributed by atoms with Crippen molar-refractivity contribution in [1.82, 2.24) is 4.98 Å². The number of amides is 1. The van der Waals surface area contributed by atoms with Gasteiger partial charge in [-0.1, -0.05) is 23.2 Å². The van der Waals surface area contributed by atoms with Crippen LogP contribution in [0.4, 0.5) is 24.5 Å². The Labute approximate surface area is 202 Å².